The molecule has 0 radical (unpaired) electrons. The van der Waals surface area contributed by atoms with Crippen LogP contribution in [0, 0.1) is 0 Å². The van der Waals surface area contributed by atoms with Gasteiger partial charge in [0.2, 0.25) is 5.91 Å². The number of ether oxygens (including phenoxy) is 1. The number of nitrogens with two attached hydrogens (primary N) is 1. The Morgan fingerprint density at radius 2 is 2.06 bits per heavy atom. The van der Waals surface area contributed by atoms with Gasteiger partial charge in [0.15, 0.2) is 0 Å². The Morgan fingerprint density at radius 3 is 2.61 bits per heavy atom. The molecule has 0 aliphatic rings. The van der Waals surface area contributed by atoms with E-state index in [4.69, 9.17) is 10.5 Å². The minimum absolute atomic E-state index is 0.0593. The molecule has 18 heavy (non-hydrogen) atoms. The lowest BCUT2D eigenvalue weighted by Crippen LogP contribution is -2.51. The summed E-state index contributed by atoms with van der Waals surface area (Å²) < 4.78 is 5.27. The maximum atomic E-state index is 12.2. The van der Waals surface area contributed by atoms with Crippen LogP contribution < -0.4 is 10.5 Å². The number of methoxy groups -OCH3 is 1. The molecule has 1 rings (SSSR count). The van der Waals surface area contributed by atoms with Gasteiger partial charge < -0.3 is 15.4 Å². The van der Waals surface area contributed by atoms with Crippen LogP contribution in [0.3, 0.4) is 0 Å². The summed E-state index contributed by atoms with van der Waals surface area (Å²) in [5.41, 5.74) is 6.13. The van der Waals surface area contributed by atoms with Crippen molar-refractivity contribution in [3.8, 4) is 5.75 Å². The van der Waals surface area contributed by atoms with Crippen LogP contribution in [0.15, 0.2) is 24.3 Å². The topological polar surface area (TPSA) is 55.6 Å². The molecule has 1 atom stereocenters. The van der Waals surface area contributed by atoms with E-state index in [-0.39, 0.29) is 5.91 Å². The highest BCUT2D eigenvalue weighted by Crippen LogP contribution is 2.20. The second-order valence-corrected chi connectivity index (χ2v) is 4.74. The van der Waals surface area contributed by atoms with Crippen LogP contribution in [0.2, 0.25) is 0 Å². The van der Waals surface area contributed by atoms with Gasteiger partial charge in [-0.05, 0) is 19.4 Å². The van der Waals surface area contributed by atoms with Gasteiger partial charge >= 0.3 is 0 Å². The predicted octanol–water partition coefficient (Wildman–Crippen LogP) is 1.78. The maximum Gasteiger partial charge on any atom is 0.242 e. The minimum atomic E-state index is -0.809. The number of benzene rings is 1. The number of likely N-dealkylation sites (N-methyl/N-ethyl adjacent to an activating group) is 1. The van der Waals surface area contributed by atoms with Crippen molar-refractivity contribution in [2.24, 2.45) is 5.73 Å². The van der Waals surface area contributed by atoms with Gasteiger partial charge in [-0.15, -0.1) is 0 Å². The first-order chi connectivity index (χ1) is 8.42. The van der Waals surface area contributed by atoms with E-state index in [1.54, 1.807) is 26.0 Å². The van der Waals surface area contributed by atoms with Crippen LogP contribution in [0.1, 0.15) is 25.8 Å². The molecular weight excluding hydrogens is 228 g/mol. The van der Waals surface area contributed by atoms with Crippen molar-refractivity contribution in [3.63, 3.8) is 0 Å². The van der Waals surface area contributed by atoms with E-state index in [0.29, 0.717) is 13.0 Å². The smallest absolute Gasteiger partial charge is 0.242 e. The molecule has 1 amide bonds. The van der Waals surface area contributed by atoms with Crippen molar-refractivity contribution in [1.29, 1.82) is 0 Å². The monoisotopic (exact) mass is 250 g/mol. The molecule has 0 bridgehead atoms. The average molecular weight is 250 g/mol. The summed E-state index contributed by atoms with van der Waals surface area (Å²) in [6, 6.07) is 7.67. The molecule has 4 heteroatoms. The molecule has 100 valence electrons. The molecule has 0 aromatic heterocycles. The van der Waals surface area contributed by atoms with E-state index < -0.39 is 5.54 Å². The Kier molecular flexibility index (Phi) is 4.73. The van der Waals surface area contributed by atoms with Gasteiger partial charge in [0.05, 0.1) is 12.6 Å². The lowest BCUT2D eigenvalue weighted by atomic mass is 9.98. The van der Waals surface area contributed by atoms with E-state index in [1.165, 1.54) is 0 Å². The number of carbonyl (C=O) groups excluding carboxylic acids is 1. The highest BCUT2D eigenvalue weighted by molar-refractivity contribution is 5.85. The van der Waals surface area contributed by atoms with Crippen molar-refractivity contribution in [1.82, 2.24) is 4.90 Å². The Bertz CT molecular complexity index is 416. The van der Waals surface area contributed by atoms with Crippen LogP contribution in [0.25, 0.3) is 0 Å². The fraction of sp³-hybridized carbons (Fsp3) is 0.500. The lowest BCUT2D eigenvalue weighted by molar-refractivity contribution is -0.135. The van der Waals surface area contributed by atoms with Gasteiger partial charge in [0, 0.05) is 19.2 Å². The van der Waals surface area contributed by atoms with E-state index in [9.17, 15) is 4.79 Å². The molecule has 1 aromatic carbocycles. The number of hydrogen-bond donors (Lipinski definition) is 1. The summed E-state index contributed by atoms with van der Waals surface area (Å²) in [4.78, 5) is 13.8. The third-order valence-corrected chi connectivity index (χ3v) is 3.17. The zero-order valence-corrected chi connectivity index (χ0v) is 11.6. The summed E-state index contributed by atoms with van der Waals surface area (Å²) in [5, 5.41) is 0. The van der Waals surface area contributed by atoms with Gasteiger partial charge in [-0.3, -0.25) is 4.79 Å². The van der Waals surface area contributed by atoms with E-state index in [0.717, 1.165) is 11.3 Å². The molecule has 0 aliphatic carbocycles. The van der Waals surface area contributed by atoms with Crippen LogP contribution >= 0.6 is 0 Å². The first kappa shape index (κ1) is 14.5. The van der Waals surface area contributed by atoms with Crippen molar-refractivity contribution >= 4 is 5.91 Å². The Labute approximate surface area is 109 Å². The second kappa shape index (κ2) is 5.87. The zero-order chi connectivity index (χ0) is 13.8. The van der Waals surface area contributed by atoms with Gasteiger partial charge in [-0.25, -0.2) is 0 Å². The van der Waals surface area contributed by atoms with Gasteiger partial charge in [-0.2, -0.15) is 0 Å². The zero-order valence-electron chi connectivity index (χ0n) is 11.6. The molecule has 0 aliphatic heterocycles. The third-order valence-electron chi connectivity index (χ3n) is 3.17. The highest BCUT2D eigenvalue weighted by Gasteiger charge is 2.29. The van der Waals surface area contributed by atoms with E-state index in [1.807, 2.05) is 31.2 Å². The number of nitrogens with zero attached hydrogens (tertiary/aromatic N) is 1. The Hall–Kier alpha value is -1.55. The predicted molar refractivity (Wildman–Crippen MR) is 72.4 cm³/mol. The number of carbonyl (C=O) groups is 1. The molecule has 0 heterocycles. The molecular formula is C14H22N2O2. The molecule has 4 nitrogen and oxygen atoms in total. The summed E-state index contributed by atoms with van der Waals surface area (Å²) in [7, 11) is 3.38. The van der Waals surface area contributed by atoms with E-state index in [2.05, 4.69) is 0 Å². The van der Waals surface area contributed by atoms with Crippen molar-refractivity contribution in [2.75, 3.05) is 14.2 Å². The van der Waals surface area contributed by atoms with Gasteiger partial charge in [0.1, 0.15) is 5.75 Å². The van der Waals surface area contributed by atoms with Crippen LogP contribution in [-0.4, -0.2) is 30.5 Å². The molecule has 0 saturated carbocycles. The molecule has 1 unspecified atom stereocenters. The Morgan fingerprint density at radius 1 is 1.44 bits per heavy atom. The first-order valence-electron chi connectivity index (χ1n) is 6.08. The molecule has 0 fully saturated rings. The van der Waals surface area contributed by atoms with Crippen LogP contribution in [0.4, 0.5) is 0 Å². The fourth-order valence-electron chi connectivity index (χ4n) is 1.75. The number of hydrogen-bond acceptors (Lipinski definition) is 3. The highest BCUT2D eigenvalue weighted by atomic mass is 16.5. The average Bonchev–Trinajstić information content (AvgIpc) is 2.38. The lowest BCUT2D eigenvalue weighted by Gasteiger charge is -2.28. The van der Waals surface area contributed by atoms with Gasteiger partial charge in [-0.1, -0.05) is 25.1 Å². The third kappa shape index (κ3) is 3.23. The molecule has 0 saturated heterocycles. The summed E-state index contributed by atoms with van der Waals surface area (Å²) in [6.45, 7) is 4.17. The first-order valence-corrected chi connectivity index (χ1v) is 6.08. The van der Waals surface area contributed by atoms with Crippen molar-refractivity contribution in [2.45, 2.75) is 32.4 Å². The SMILES string of the molecule is CCC(C)(N)C(=O)N(C)Cc1ccccc1OC. The van der Waals surface area contributed by atoms with Crippen molar-refractivity contribution in [3.05, 3.63) is 29.8 Å². The summed E-state index contributed by atoms with van der Waals surface area (Å²) in [5.74, 6) is 0.725. The maximum absolute atomic E-state index is 12.2. The summed E-state index contributed by atoms with van der Waals surface area (Å²) in [6.07, 6.45) is 0.613. The van der Waals surface area contributed by atoms with Crippen LogP contribution in [-0.2, 0) is 11.3 Å². The largest absolute Gasteiger partial charge is 0.496 e. The normalized spacial score (nSPS) is 13.8. The van der Waals surface area contributed by atoms with E-state index >= 15 is 0 Å². The Balaban J connectivity index is 2.82. The molecule has 0 spiro atoms. The van der Waals surface area contributed by atoms with Crippen LogP contribution in [0.5, 0.6) is 5.75 Å². The molecule has 2 N–H and O–H groups in total. The standard InChI is InChI=1S/C14H22N2O2/c1-5-14(2,15)13(17)16(3)10-11-8-6-7-9-12(11)18-4/h6-9H,5,10,15H2,1-4H3. The second-order valence-electron chi connectivity index (χ2n) is 4.74. The fourth-order valence-corrected chi connectivity index (χ4v) is 1.75. The number of para-hydroxylation sites is 1. The quantitative estimate of drug-likeness (QED) is 0.866. The van der Waals surface area contributed by atoms with Crippen molar-refractivity contribution < 1.29 is 9.53 Å². The van der Waals surface area contributed by atoms with Gasteiger partial charge in [0.25, 0.3) is 0 Å². The molecule has 1 aromatic rings. The number of amides is 1. The summed E-state index contributed by atoms with van der Waals surface area (Å²) >= 11 is 0. The minimum Gasteiger partial charge on any atom is -0.496 e. The number of rotatable bonds is 5.